The van der Waals surface area contributed by atoms with Crippen LogP contribution in [0.2, 0.25) is 5.02 Å². The molecule has 6 heteroatoms. The number of nitrogens with zero attached hydrogens (tertiary/aromatic N) is 4. The molecule has 0 fully saturated rings. The monoisotopic (exact) mass is 287 g/mol. The van der Waals surface area contributed by atoms with Crippen LogP contribution >= 0.6 is 11.6 Å². The number of anilines is 1. The minimum Gasteiger partial charge on any atom is -0.381 e. The Kier molecular flexibility index (Phi) is 3.06. The lowest BCUT2D eigenvalue weighted by molar-refractivity contribution is 0.718. The number of fused-ring (bicyclic) bond motifs is 1. The van der Waals surface area contributed by atoms with Crippen LogP contribution in [0.25, 0.3) is 16.6 Å². The fourth-order valence-corrected chi connectivity index (χ4v) is 2.53. The molecule has 0 amide bonds. The number of nitrogens with two attached hydrogens (primary N) is 1. The Bertz CT molecular complexity index is 778. The molecule has 0 radical (unpaired) electrons. The smallest absolute Gasteiger partial charge is 0.169 e. The number of halogens is 1. The van der Waals surface area contributed by atoms with Crippen LogP contribution in [0.15, 0.2) is 30.5 Å². The third kappa shape index (κ3) is 1.91. The maximum Gasteiger partial charge on any atom is 0.169 e. The van der Waals surface area contributed by atoms with Gasteiger partial charge in [-0.15, -0.1) is 5.10 Å². The molecule has 2 heterocycles. The molecular formula is C14H14ClN5. The highest BCUT2D eigenvalue weighted by Gasteiger charge is 2.17. The molecular weight excluding hydrogens is 274 g/mol. The quantitative estimate of drug-likeness (QED) is 0.786. The van der Waals surface area contributed by atoms with Crippen molar-refractivity contribution in [3.8, 4) is 5.69 Å². The highest BCUT2D eigenvalue weighted by Crippen LogP contribution is 2.30. The normalized spacial score (nSPS) is 11.4. The van der Waals surface area contributed by atoms with Gasteiger partial charge < -0.3 is 5.73 Å². The average Bonchev–Trinajstić information content (AvgIpc) is 2.81. The third-order valence-corrected chi connectivity index (χ3v) is 3.53. The predicted molar refractivity (Wildman–Crippen MR) is 80.2 cm³/mol. The first-order chi connectivity index (χ1) is 9.59. The first-order valence-corrected chi connectivity index (χ1v) is 6.72. The van der Waals surface area contributed by atoms with Gasteiger partial charge in [0, 0.05) is 11.6 Å². The lowest BCUT2D eigenvalue weighted by atomic mass is 10.1. The molecule has 2 N–H and O–H groups in total. The molecule has 0 saturated heterocycles. The second-order valence-corrected chi connectivity index (χ2v) is 5.30. The number of pyridine rings is 1. The van der Waals surface area contributed by atoms with Crippen molar-refractivity contribution in [2.24, 2.45) is 0 Å². The van der Waals surface area contributed by atoms with Crippen LogP contribution in [0.4, 0.5) is 5.82 Å². The molecule has 3 rings (SSSR count). The largest absolute Gasteiger partial charge is 0.381 e. The molecule has 0 aliphatic carbocycles. The van der Waals surface area contributed by atoms with Crippen LogP contribution in [-0.2, 0) is 0 Å². The molecule has 2 aromatic heterocycles. The zero-order valence-electron chi connectivity index (χ0n) is 11.2. The molecule has 0 aliphatic heterocycles. The highest BCUT2D eigenvalue weighted by atomic mass is 35.5. The van der Waals surface area contributed by atoms with Crippen molar-refractivity contribution in [1.82, 2.24) is 20.0 Å². The number of aromatic nitrogens is 4. The third-order valence-electron chi connectivity index (χ3n) is 3.20. The van der Waals surface area contributed by atoms with E-state index in [4.69, 9.17) is 17.3 Å². The van der Waals surface area contributed by atoms with Gasteiger partial charge in [0.15, 0.2) is 5.82 Å². The fraction of sp³-hybridized carbons (Fsp3) is 0.214. The number of rotatable bonds is 2. The Labute approximate surface area is 121 Å². The number of nitrogen functional groups attached to an aromatic ring is 1. The summed E-state index contributed by atoms with van der Waals surface area (Å²) in [5.74, 6) is 0.651. The van der Waals surface area contributed by atoms with Gasteiger partial charge in [0.25, 0.3) is 0 Å². The van der Waals surface area contributed by atoms with E-state index in [1.54, 1.807) is 10.9 Å². The van der Waals surface area contributed by atoms with E-state index in [0.717, 1.165) is 22.3 Å². The van der Waals surface area contributed by atoms with Gasteiger partial charge in [-0.3, -0.25) is 4.98 Å². The van der Waals surface area contributed by atoms with Gasteiger partial charge in [-0.2, -0.15) is 0 Å². The van der Waals surface area contributed by atoms with Crippen LogP contribution in [0.3, 0.4) is 0 Å². The van der Waals surface area contributed by atoms with Crippen LogP contribution < -0.4 is 5.73 Å². The van der Waals surface area contributed by atoms with Crippen molar-refractivity contribution in [2.45, 2.75) is 19.8 Å². The maximum atomic E-state index is 6.21. The molecule has 0 bridgehead atoms. The lowest BCUT2D eigenvalue weighted by Gasteiger charge is -2.12. The summed E-state index contributed by atoms with van der Waals surface area (Å²) in [7, 11) is 0. The first-order valence-electron chi connectivity index (χ1n) is 6.34. The zero-order valence-corrected chi connectivity index (χ0v) is 12.0. The molecule has 0 saturated carbocycles. The number of benzene rings is 1. The van der Waals surface area contributed by atoms with Gasteiger partial charge in [0.05, 0.1) is 21.9 Å². The Hall–Kier alpha value is -2.14. The minimum atomic E-state index is 0.208. The van der Waals surface area contributed by atoms with Crippen LogP contribution in [-0.4, -0.2) is 20.0 Å². The van der Waals surface area contributed by atoms with Gasteiger partial charge in [0.1, 0.15) is 0 Å². The Morgan fingerprint density at radius 3 is 2.80 bits per heavy atom. The molecule has 3 aromatic rings. The summed E-state index contributed by atoms with van der Waals surface area (Å²) in [6.45, 7) is 4.11. The zero-order chi connectivity index (χ0) is 14.3. The van der Waals surface area contributed by atoms with Gasteiger partial charge in [-0.1, -0.05) is 30.7 Å². The number of hydrogen-bond acceptors (Lipinski definition) is 4. The molecule has 5 nitrogen and oxygen atoms in total. The average molecular weight is 288 g/mol. The molecule has 0 aliphatic rings. The maximum absolute atomic E-state index is 6.21. The second-order valence-electron chi connectivity index (χ2n) is 4.89. The van der Waals surface area contributed by atoms with Crippen molar-refractivity contribution in [1.29, 1.82) is 0 Å². The van der Waals surface area contributed by atoms with E-state index in [1.165, 1.54) is 0 Å². The van der Waals surface area contributed by atoms with E-state index in [0.29, 0.717) is 10.8 Å². The molecule has 102 valence electrons. The van der Waals surface area contributed by atoms with Gasteiger partial charge in [-0.25, -0.2) is 4.68 Å². The van der Waals surface area contributed by atoms with E-state index >= 15 is 0 Å². The summed E-state index contributed by atoms with van der Waals surface area (Å²) in [6, 6.07) is 7.51. The molecule has 0 spiro atoms. The summed E-state index contributed by atoms with van der Waals surface area (Å²) in [5.41, 5.74) is 8.40. The summed E-state index contributed by atoms with van der Waals surface area (Å²) in [6.07, 6.45) is 1.73. The molecule has 1 aromatic carbocycles. The molecule has 0 unspecified atom stereocenters. The van der Waals surface area contributed by atoms with E-state index in [1.807, 2.05) is 24.3 Å². The summed E-state index contributed by atoms with van der Waals surface area (Å²) in [5, 5.41) is 9.67. The fourth-order valence-electron chi connectivity index (χ4n) is 2.31. The van der Waals surface area contributed by atoms with Gasteiger partial charge in [-0.05, 0) is 30.2 Å². The van der Waals surface area contributed by atoms with Crippen molar-refractivity contribution >= 4 is 28.3 Å². The molecule has 0 atom stereocenters. The highest BCUT2D eigenvalue weighted by molar-refractivity contribution is 6.35. The van der Waals surface area contributed by atoms with Gasteiger partial charge in [0.2, 0.25) is 0 Å². The van der Waals surface area contributed by atoms with Crippen LogP contribution in [0, 0.1) is 0 Å². The molecule has 20 heavy (non-hydrogen) atoms. The van der Waals surface area contributed by atoms with E-state index in [9.17, 15) is 0 Å². The van der Waals surface area contributed by atoms with E-state index in [-0.39, 0.29) is 5.92 Å². The number of hydrogen-bond donors (Lipinski definition) is 1. The minimum absolute atomic E-state index is 0.208. The van der Waals surface area contributed by atoms with E-state index < -0.39 is 0 Å². The summed E-state index contributed by atoms with van der Waals surface area (Å²) >= 11 is 6.21. The first kappa shape index (κ1) is 12.9. The SMILES string of the molecule is CC(C)c1c(N)nnn1-c1ccc(Cl)c2cccnc12. The lowest BCUT2D eigenvalue weighted by Crippen LogP contribution is -2.06. The second kappa shape index (κ2) is 4.76. The van der Waals surface area contributed by atoms with Gasteiger partial charge >= 0.3 is 0 Å². The summed E-state index contributed by atoms with van der Waals surface area (Å²) in [4.78, 5) is 4.41. The Balaban J connectivity index is 2.34. The van der Waals surface area contributed by atoms with Crippen molar-refractivity contribution in [2.75, 3.05) is 5.73 Å². The summed E-state index contributed by atoms with van der Waals surface area (Å²) < 4.78 is 1.74. The Morgan fingerprint density at radius 1 is 1.25 bits per heavy atom. The topological polar surface area (TPSA) is 69.6 Å². The van der Waals surface area contributed by atoms with Crippen molar-refractivity contribution in [3.05, 3.63) is 41.2 Å². The van der Waals surface area contributed by atoms with Crippen LogP contribution in [0.5, 0.6) is 0 Å². The standard InChI is InChI=1S/C14H14ClN5/c1-8(2)13-14(16)18-19-20(13)11-6-5-10(15)9-4-3-7-17-12(9)11/h3-8H,16H2,1-2H3. The predicted octanol–water partition coefficient (Wildman–Crippen LogP) is 3.17. The van der Waals surface area contributed by atoms with Crippen molar-refractivity contribution < 1.29 is 0 Å². The van der Waals surface area contributed by atoms with Crippen LogP contribution in [0.1, 0.15) is 25.5 Å². The van der Waals surface area contributed by atoms with Crippen molar-refractivity contribution in [3.63, 3.8) is 0 Å². The van der Waals surface area contributed by atoms with E-state index in [2.05, 4.69) is 29.1 Å². The Morgan fingerprint density at radius 2 is 2.05 bits per heavy atom.